The fourth-order valence-corrected chi connectivity index (χ4v) is 1.64. The van der Waals surface area contributed by atoms with Gasteiger partial charge in [0, 0.05) is 4.47 Å². The third-order valence-electron chi connectivity index (χ3n) is 2.24. The van der Waals surface area contributed by atoms with Crippen molar-refractivity contribution < 1.29 is 22.4 Å². The molecule has 1 N–H and O–H groups in total. The number of hydrogen-bond donors (Lipinski definition) is 1. The van der Waals surface area contributed by atoms with Crippen molar-refractivity contribution in [1.82, 2.24) is 5.32 Å². The first kappa shape index (κ1) is 14.9. The lowest BCUT2D eigenvalue weighted by molar-refractivity contribution is -0.123. The summed E-state index contributed by atoms with van der Waals surface area (Å²) in [6.45, 7) is 0.318. The van der Waals surface area contributed by atoms with E-state index < -0.39 is 24.8 Å². The summed E-state index contributed by atoms with van der Waals surface area (Å²) in [5.41, 5.74) is 0.864. The maximum Gasteiger partial charge on any atom is 0.324 e. The SMILES string of the molecule is Cc1cccc(C(=O)NCC(F)(F)C(F)F)c1Br. The van der Waals surface area contributed by atoms with Crippen molar-refractivity contribution in [1.29, 1.82) is 0 Å². The number of rotatable bonds is 4. The zero-order valence-electron chi connectivity index (χ0n) is 9.31. The Labute approximate surface area is 109 Å². The van der Waals surface area contributed by atoms with Crippen molar-refractivity contribution in [2.24, 2.45) is 0 Å². The van der Waals surface area contributed by atoms with Crippen LogP contribution in [-0.2, 0) is 0 Å². The van der Waals surface area contributed by atoms with Crippen LogP contribution in [0.4, 0.5) is 17.6 Å². The van der Waals surface area contributed by atoms with Crippen LogP contribution in [0.25, 0.3) is 0 Å². The predicted octanol–water partition coefficient (Wildman–Crippen LogP) is 3.39. The van der Waals surface area contributed by atoms with Crippen molar-refractivity contribution in [3.8, 4) is 0 Å². The average molecular weight is 328 g/mol. The minimum Gasteiger partial charge on any atom is -0.346 e. The summed E-state index contributed by atoms with van der Waals surface area (Å²) >= 11 is 3.13. The number of carbonyl (C=O) groups excluding carboxylic acids is 1. The Bertz CT molecular complexity index is 451. The van der Waals surface area contributed by atoms with E-state index in [0.717, 1.165) is 5.56 Å². The number of alkyl halides is 4. The summed E-state index contributed by atoms with van der Waals surface area (Å²) in [7, 11) is 0. The molecule has 0 saturated carbocycles. The summed E-state index contributed by atoms with van der Waals surface area (Å²) < 4.78 is 49.5. The molecule has 0 aliphatic heterocycles. The van der Waals surface area contributed by atoms with Gasteiger partial charge in [0.05, 0.1) is 12.1 Å². The Hall–Kier alpha value is -1.11. The largest absolute Gasteiger partial charge is 0.346 e. The van der Waals surface area contributed by atoms with Crippen molar-refractivity contribution in [3.63, 3.8) is 0 Å². The van der Waals surface area contributed by atoms with Crippen LogP contribution >= 0.6 is 15.9 Å². The molecule has 2 nitrogen and oxygen atoms in total. The molecule has 0 heterocycles. The minimum atomic E-state index is -4.23. The molecule has 0 saturated heterocycles. The number of halogens is 5. The van der Waals surface area contributed by atoms with Crippen molar-refractivity contribution in [3.05, 3.63) is 33.8 Å². The molecular weight excluding hydrogens is 318 g/mol. The van der Waals surface area contributed by atoms with Gasteiger partial charge in [0.1, 0.15) is 0 Å². The molecule has 0 aromatic heterocycles. The molecule has 1 aromatic carbocycles. The molecule has 0 unspecified atom stereocenters. The average Bonchev–Trinajstić information content (AvgIpc) is 2.29. The second-order valence-corrected chi connectivity index (χ2v) is 4.47. The number of nitrogens with one attached hydrogen (secondary N) is 1. The second-order valence-electron chi connectivity index (χ2n) is 3.68. The highest BCUT2D eigenvalue weighted by Gasteiger charge is 2.40. The maximum atomic E-state index is 12.6. The van der Waals surface area contributed by atoms with Crippen LogP contribution < -0.4 is 5.32 Å². The molecule has 1 aromatic rings. The van der Waals surface area contributed by atoms with Crippen LogP contribution in [0.1, 0.15) is 15.9 Å². The van der Waals surface area contributed by atoms with Gasteiger partial charge in [-0.1, -0.05) is 12.1 Å². The molecule has 18 heavy (non-hydrogen) atoms. The Morgan fingerprint density at radius 1 is 1.44 bits per heavy atom. The molecule has 0 bridgehead atoms. The normalized spacial score (nSPS) is 11.7. The number of hydrogen-bond acceptors (Lipinski definition) is 1. The van der Waals surface area contributed by atoms with Gasteiger partial charge in [-0.3, -0.25) is 4.79 Å². The van der Waals surface area contributed by atoms with Crippen LogP contribution in [0.3, 0.4) is 0 Å². The van der Waals surface area contributed by atoms with Crippen LogP contribution in [0.15, 0.2) is 22.7 Å². The van der Waals surface area contributed by atoms with E-state index in [9.17, 15) is 22.4 Å². The molecule has 7 heteroatoms. The highest BCUT2D eigenvalue weighted by molar-refractivity contribution is 9.10. The monoisotopic (exact) mass is 327 g/mol. The first-order chi connectivity index (χ1) is 8.25. The van der Waals surface area contributed by atoms with Gasteiger partial charge in [0.25, 0.3) is 5.91 Å². The zero-order chi connectivity index (χ0) is 13.9. The number of aryl methyl sites for hydroxylation is 1. The Kier molecular flexibility index (Phi) is 4.72. The molecule has 1 amide bonds. The fourth-order valence-electron chi connectivity index (χ4n) is 1.19. The summed E-state index contributed by atoms with van der Waals surface area (Å²) in [5, 5.41) is 1.79. The standard InChI is InChI=1S/C11H10BrF4NO/c1-6-3-2-4-7(8(6)12)9(18)17-5-11(15,16)10(13)14/h2-4,10H,5H2,1H3,(H,17,18). The molecule has 0 radical (unpaired) electrons. The highest BCUT2D eigenvalue weighted by Crippen LogP contribution is 2.23. The van der Waals surface area contributed by atoms with Crippen LogP contribution in [0.2, 0.25) is 0 Å². The number of benzene rings is 1. The molecule has 0 aliphatic carbocycles. The van der Waals surface area contributed by atoms with E-state index in [-0.39, 0.29) is 5.56 Å². The van der Waals surface area contributed by atoms with Gasteiger partial charge >= 0.3 is 12.3 Å². The third kappa shape index (κ3) is 3.44. The summed E-state index contributed by atoms with van der Waals surface area (Å²) in [6, 6.07) is 4.70. The molecule has 0 fully saturated rings. The lowest BCUT2D eigenvalue weighted by Gasteiger charge is -2.16. The minimum absolute atomic E-state index is 0.125. The van der Waals surface area contributed by atoms with Gasteiger partial charge in [-0.2, -0.15) is 8.78 Å². The summed E-state index contributed by atoms with van der Waals surface area (Å²) in [5.74, 6) is -5.06. The Morgan fingerprint density at radius 2 is 2.06 bits per heavy atom. The van der Waals surface area contributed by atoms with Gasteiger partial charge in [-0.25, -0.2) is 8.78 Å². The highest BCUT2D eigenvalue weighted by atomic mass is 79.9. The number of amides is 1. The first-order valence-electron chi connectivity index (χ1n) is 4.95. The third-order valence-corrected chi connectivity index (χ3v) is 3.29. The van der Waals surface area contributed by atoms with Gasteiger partial charge in [-0.05, 0) is 34.5 Å². The van der Waals surface area contributed by atoms with E-state index in [1.165, 1.54) is 6.07 Å². The number of carbonyl (C=O) groups is 1. The van der Waals surface area contributed by atoms with E-state index in [2.05, 4.69) is 15.9 Å². The zero-order valence-corrected chi connectivity index (χ0v) is 10.9. The lowest BCUT2D eigenvalue weighted by atomic mass is 10.1. The molecule has 0 aliphatic rings. The van der Waals surface area contributed by atoms with E-state index in [1.807, 2.05) is 0 Å². The van der Waals surface area contributed by atoms with Crippen molar-refractivity contribution in [2.45, 2.75) is 19.3 Å². The molecule has 0 atom stereocenters. The first-order valence-corrected chi connectivity index (χ1v) is 5.74. The quantitative estimate of drug-likeness (QED) is 0.844. The van der Waals surface area contributed by atoms with E-state index in [4.69, 9.17) is 0 Å². The lowest BCUT2D eigenvalue weighted by Crippen LogP contribution is -2.41. The molecule has 0 spiro atoms. The van der Waals surface area contributed by atoms with Crippen LogP contribution in [0, 0.1) is 6.92 Å². The Balaban J connectivity index is 2.75. The Morgan fingerprint density at radius 3 is 2.61 bits per heavy atom. The summed E-state index contributed by atoms with van der Waals surface area (Å²) in [4.78, 5) is 11.6. The maximum absolute atomic E-state index is 12.6. The second kappa shape index (κ2) is 5.69. The fraction of sp³-hybridized carbons (Fsp3) is 0.364. The van der Waals surface area contributed by atoms with Crippen molar-refractivity contribution >= 4 is 21.8 Å². The van der Waals surface area contributed by atoms with E-state index >= 15 is 0 Å². The topological polar surface area (TPSA) is 29.1 Å². The molecule has 100 valence electrons. The molecular formula is C11H10BrF4NO. The summed E-state index contributed by atoms with van der Waals surface area (Å²) in [6.07, 6.45) is -3.81. The van der Waals surface area contributed by atoms with Gasteiger partial charge in [0.15, 0.2) is 0 Å². The van der Waals surface area contributed by atoms with Crippen LogP contribution in [0.5, 0.6) is 0 Å². The molecule has 1 rings (SSSR count). The van der Waals surface area contributed by atoms with E-state index in [0.29, 0.717) is 4.47 Å². The smallest absolute Gasteiger partial charge is 0.324 e. The predicted molar refractivity (Wildman–Crippen MR) is 62.2 cm³/mol. The van der Waals surface area contributed by atoms with Gasteiger partial charge in [0.2, 0.25) is 0 Å². The van der Waals surface area contributed by atoms with Crippen LogP contribution in [-0.4, -0.2) is 24.8 Å². The van der Waals surface area contributed by atoms with E-state index in [1.54, 1.807) is 24.4 Å². The van der Waals surface area contributed by atoms with Gasteiger partial charge < -0.3 is 5.32 Å². The van der Waals surface area contributed by atoms with Crippen molar-refractivity contribution in [2.75, 3.05) is 6.54 Å². The van der Waals surface area contributed by atoms with Gasteiger partial charge in [-0.15, -0.1) is 0 Å².